The van der Waals surface area contributed by atoms with E-state index >= 15 is 0 Å². The zero-order chi connectivity index (χ0) is 23.7. The van der Waals surface area contributed by atoms with E-state index in [0.717, 1.165) is 28.9 Å². The Hall–Kier alpha value is -3.28. The normalized spacial score (nSPS) is 17.0. The molecular formula is C27H24Cl2N4O. The van der Waals surface area contributed by atoms with Crippen LogP contribution < -0.4 is 10.6 Å². The average molecular weight is 491 g/mol. The third kappa shape index (κ3) is 4.67. The topological polar surface area (TPSA) is 59.0 Å². The third-order valence-corrected chi connectivity index (χ3v) is 6.59. The highest BCUT2D eigenvalue weighted by atomic mass is 35.5. The monoisotopic (exact) mass is 490 g/mol. The van der Waals surface area contributed by atoms with Gasteiger partial charge in [0, 0.05) is 16.6 Å². The van der Waals surface area contributed by atoms with Gasteiger partial charge in [-0.25, -0.2) is 4.68 Å². The minimum atomic E-state index is -0.152. The van der Waals surface area contributed by atoms with Crippen molar-refractivity contribution in [2.45, 2.75) is 32.0 Å². The number of benzene rings is 3. The fraction of sp³-hybridized carbons (Fsp3) is 0.185. The van der Waals surface area contributed by atoms with Gasteiger partial charge in [0.05, 0.1) is 18.3 Å². The molecule has 0 saturated heterocycles. The van der Waals surface area contributed by atoms with Gasteiger partial charge in [-0.1, -0.05) is 77.8 Å². The van der Waals surface area contributed by atoms with Crippen LogP contribution in [0.15, 0.2) is 79.0 Å². The van der Waals surface area contributed by atoms with Gasteiger partial charge < -0.3 is 10.6 Å². The Kier molecular flexibility index (Phi) is 6.31. The number of nitrogens with one attached hydrogen (secondary N) is 2. The molecule has 0 radical (unpaired) electrons. The second-order valence-corrected chi connectivity index (χ2v) is 9.45. The van der Waals surface area contributed by atoms with Gasteiger partial charge in [0.1, 0.15) is 11.4 Å². The molecule has 0 aliphatic carbocycles. The Bertz CT molecular complexity index is 1300. The van der Waals surface area contributed by atoms with E-state index in [-0.39, 0.29) is 18.0 Å². The van der Waals surface area contributed by atoms with Crippen molar-refractivity contribution in [1.82, 2.24) is 15.1 Å². The van der Waals surface area contributed by atoms with Crippen LogP contribution in [-0.2, 0) is 6.54 Å². The highest BCUT2D eigenvalue weighted by molar-refractivity contribution is 6.35. The number of rotatable bonds is 5. The first-order valence-electron chi connectivity index (χ1n) is 11.2. The lowest BCUT2D eigenvalue weighted by Crippen LogP contribution is -2.28. The summed E-state index contributed by atoms with van der Waals surface area (Å²) >= 11 is 12.2. The molecule has 1 aliphatic heterocycles. The summed E-state index contributed by atoms with van der Waals surface area (Å²) in [6, 6.07) is 24.1. The van der Waals surface area contributed by atoms with Crippen LogP contribution >= 0.6 is 23.2 Å². The van der Waals surface area contributed by atoms with Gasteiger partial charge in [-0.3, -0.25) is 4.79 Å². The maximum Gasteiger partial charge on any atom is 0.256 e. The summed E-state index contributed by atoms with van der Waals surface area (Å²) in [5, 5.41) is 12.2. The zero-order valence-corrected chi connectivity index (χ0v) is 20.1. The van der Waals surface area contributed by atoms with E-state index in [2.05, 4.69) is 34.8 Å². The molecule has 1 aromatic heterocycles. The summed E-state index contributed by atoms with van der Waals surface area (Å²) in [4.78, 5) is 13.0. The van der Waals surface area contributed by atoms with Crippen molar-refractivity contribution in [2.75, 3.05) is 5.32 Å². The Morgan fingerprint density at radius 2 is 1.74 bits per heavy atom. The van der Waals surface area contributed by atoms with Crippen molar-refractivity contribution in [2.24, 2.45) is 0 Å². The Labute approximate surface area is 208 Å². The molecule has 5 rings (SSSR count). The molecule has 3 aromatic carbocycles. The van der Waals surface area contributed by atoms with Crippen LogP contribution in [0.1, 0.15) is 46.9 Å². The number of hydrogen-bond donors (Lipinski definition) is 2. The largest absolute Gasteiger partial charge is 0.363 e. The average Bonchev–Trinajstić information content (AvgIpc) is 3.28. The van der Waals surface area contributed by atoms with Crippen LogP contribution in [0.4, 0.5) is 5.82 Å². The summed E-state index contributed by atoms with van der Waals surface area (Å²) < 4.78 is 1.90. The number of hydrogen-bond acceptors (Lipinski definition) is 3. The number of nitrogens with zero attached hydrogens (tertiary/aromatic N) is 2. The van der Waals surface area contributed by atoms with Crippen molar-refractivity contribution < 1.29 is 4.79 Å². The van der Waals surface area contributed by atoms with Gasteiger partial charge in [0.25, 0.3) is 5.91 Å². The van der Waals surface area contributed by atoms with E-state index in [1.54, 1.807) is 12.3 Å². The van der Waals surface area contributed by atoms with Crippen molar-refractivity contribution in [1.29, 1.82) is 0 Å². The molecule has 2 N–H and O–H groups in total. The Balaban J connectivity index is 1.28. The molecule has 7 heteroatoms. The molecule has 2 atom stereocenters. The van der Waals surface area contributed by atoms with Crippen LogP contribution in [0.25, 0.3) is 11.1 Å². The predicted molar refractivity (Wildman–Crippen MR) is 137 cm³/mol. The highest BCUT2D eigenvalue weighted by Gasteiger charge is 2.29. The summed E-state index contributed by atoms with van der Waals surface area (Å²) in [6.45, 7) is 2.54. The van der Waals surface area contributed by atoms with Crippen LogP contribution in [0.3, 0.4) is 0 Å². The molecule has 0 saturated carbocycles. The van der Waals surface area contributed by atoms with E-state index in [1.165, 1.54) is 5.56 Å². The quantitative estimate of drug-likeness (QED) is 0.319. The number of amides is 1. The van der Waals surface area contributed by atoms with Gasteiger partial charge in [0.2, 0.25) is 0 Å². The first-order chi connectivity index (χ1) is 16.5. The molecule has 0 fully saturated rings. The van der Waals surface area contributed by atoms with Gasteiger partial charge >= 0.3 is 0 Å². The van der Waals surface area contributed by atoms with E-state index in [9.17, 15) is 4.79 Å². The van der Waals surface area contributed by atoms with E-state index in [0.29, 0.717) is 22.2 Å². The Morgan fingerprint density at radius 1 is 1.03 bits per heavy atom. The van der Waals surface area contributed by atoms with Crippen LogP contribution in [0, 0.1) is 0 Å². The SMILES string of the molecule is CC1CC(c2ccccc2)Nc2c(C(=O)NCc3ccc(-c4cc(Cl)cc(Cl)c4)cc3)cnn21. The lowest BCUT2D eigenvalue weighted by Gasteiger charge is -2.31. The van der Waals surface area contributed by atoms with Crippen molar-refractivity contribution in [3.05, 3.63) is 106 Å². The predicted octanol–water partition coefficient (Wildman–Crippen LogP) is 6.90. The van der Waals surface area contributed by atoms with Crippen LogP contribution in [0.5, 0.6) is 0 Å². The van der Waals surface area contributed by atoms with Crippen molar-refractivity contribution in [3.63, 3.8) is 0 Å². The summed E-state index contributed by atoms with van der Waals surface area (Å²) in [5.41, 5.74) is 4.71. The zero-order valence-electron chi connectivity index (χ0n) is 18.6. The standard InChI is InChI=1S/C27H24Cl2N4O/c1-17-11-25(20-5-3-2-4-6-20)32-26-24(16-31-33(17)26)27(34)30-15-18-7-9-19(10-8-18)21-12-22(28)14-23(29)13-21/h2-10,12-14,16-17,25,32H,11,15H2,1H3,(H,30,34). The molecule has 34 heavy (non-hydrogen) atoms. The number of fused-ring (bicyclic) bond motifs is 1. The maximum absolute atomic E-state index is 13.0. The minimum absolute atomic E-state index is 0.138. The summed E-state index contributed by atoms with van der Waals surface area (Å²) in [6.07, 6.45) is 2.55. The summed E-state index contributed by atoms with van der Waals surface area (Å²) in [5.74, 6) is 0.610. The van der Waals surface area contributed by atoms with Gasteiger partial charge in [-0.2, -0.15) is 5.10 Å². The Morgan fingerprint density at radius 3 is 2.44 bits per heavy atom. The van der Waals surface area contributed by atoms with Gasteiger partial charge in [0.15, 0.2) is 0 Å². The molecule has 1 aliphatic rings. The lowest BCUT2D eigenvalue weighted by atomic mass is 9.98. The maximum atomic E-state index is 13.0. The van der Waals surface area contributed by atoms with Crippen LogP contribution in [0.2, 0.25) is 10.0 Å². The second-order valence-electron chi connectivity index (χ2n) is 8.58. The van der Waals surface area contributed by atoms with Gasteiger partial charge in [-0.15, -0.1) is 0 Å². The molecule has 0 spiro atoms. The first-order valence-corrected chi connectivity index (χ1v) is 12.0. The van der Waals surface area contributed by atoms with Crippen molar-refractivity contribution >= 4 is 34.9 Å². The third-order valence-electron chi connectivity index (χ3n) is 6.15. The van der Waals surface area contributed by atoms with E-state index in [1.807, 2.05) is 59.3 Å². The molecule has 172 valence electrons. The fourth-order valence-electron chi connectivity index (χ4n) is 4.39. The summed E-state index contributed by atoms with van der Waals surface area (Å²) in [7, 11) is 0. The van der Waals surface area contributed by atoms with Crippen LogP contribution in [-0.4, -0.2) is 15.7 Å². The van der Waals surface area contributed by atoms with Gasteiger partial charge in [-0.05, 0) is 53.8 Å². The first kappa shape index (κ1) is 22.5. The number of halogens is 2. The molecule has 1 amide bonds. The molecule has 0 bridgehead atoms. The van der Waals surface area contributed by atoms with E-state index in [4.69, 9.17) is 23.2 Å². The number of anilines is 1. The fourth-order valence-corrected chi connectivity index (χ4v) is 4.92. The molecule has 2 unspecified atom stereocenters. The molecule has 2 heterocycles. The molecule has 5 nitrogen and oxygen atoms in total. The molecule has 4 aromatic rings. The highest BCUT2D eigenvalue weighted by Crippen LogP contribution is 2.36. The second kappa shape index (κ2) is 9.53. The number of aromatic nitrogens is 2. The smallest absolute Gasteiger partial charge is 0.256 e. The lowest BCUT2D eigenvalue weighted by molar-refractivity contribution is 0.0951. The minimum Gasteiger partial charge on any atom is -0.363 e. The number of carbonyl (C=O) groups excluding carboxylic acids is 1. The van der Waals surface area contributed by atoms with E-state index < -0.39 is 0 Å². The molecular weight excluding hydrogens is 467 g/mol. The van der Waals surface area contributed by atoms with Crippen molar-refractivity contribution in [3.8, 4) is 11.1 Å². The number of carbonyl (C=O) groups is 1.